The van der Waals surface area contributed by atoms with Gasteiger partial charge in [0.25, 0.3) is 0 Å². The average molecular weight is 625 g/mol. The van der Waals surface area contributed by atoms with Gasteiger partial charge in [0.1, 0.15) is 24.1 Å². The number of ether oxygens (including phenoxy) is 3. The van der Waals surface area contributed by atoms with Gasteiger partial charge >= 0.3 is 7.82 Å². The highest BCUT2D eigenvalue weighted by molar-refractivity contribution is 7.46. The SMILES string of the molecule is CN[C@@H]1[C@H](O)[C@H](NC)[C@H]2O[C@]3(O)[C@H](O[C@@H]2[C@H]1O)O[C@H](C)C[C@H]3NC(=O)Cc1ccc(-c2ccc(OP(=O)(O)O)cc2)cn1. The van der Waals surface area contributed by atoms with Crippen molar-refractivity contribution in [1.82, 2.24) is 20.9 Å². The van der Waals surface area contributed by atoms with Crippen LogP contribution in [0.1, 0.15) is 19.0 Å². The number of aromatic nitrogens is 1. The van der Waals surface area contributed by atoms with Crippen molar-refractivity contribution >= 4 is 13.7 Å². The second-order valence-electron chi connectivity index (χ2n) is 11.0. The molecule has 2 saturated heterocycles. The Hall–Kier alpha value is -2.53. The van der Waals surface area contributed by atoms with E-state index in [0.717, 1.165) is 5.56 Å². The molecule has 5 rings (SSSR count). The lowest BCUT2D eigenvalue weighted by Gasteiger charge is -2.58. The molecule has 8 N–H and O–H groups in total. The third-order valence-electron chi connectivity index (χ3n) is 8.06. The minimum absolute atomic E-state index is 0.0204. The number of pyridine rings is 1. The molecule has 236 valence electrons. The molecule has 2 aromatic rings. The van der Waals surface area contributed by atoms with E-state index in [1.54, 1.807) is 51.5 Å². The molecule has 2 aliphatic heterocycles. The number of hydrogen-bond acceptors (Lipinski definition) is 12. The van der Waals surface area contributed by atoms with E-state index >= 15 is 0 Å². The number of phosphoric ester groups is 1. The summed E-state index contributed by atoms with van der Waals surface area (Å²) < 4.78 is 33.6. The van der Waals surface area contributed by atoms with E-state index in [-0.39, 0.29) is 18.6 Å². The Kier molecular flexibility index (Phi) is 9.24. The van der Waals surface area contributed by atoms with E-state index in [1.165, 1.54) is 12.1 Å². The zero-order chi connectivity index (χ0) is 31.1. The maximum atomic E-state index is 13.1. The van der Waals surface area contributed by atoms with Crippen LogP contribution in [0.25, 0.3) is 11.1 Å². The van der Waals surface area contributed by atoms with Gasteiger partial charge in [-0.3, -0.25) is 19.6 Å². The number of hydrogen-bond donors (Lipinski definition) is 8. The number of phosphoric acid groups is 1. The van der Waals surface area contributed by atoms with Crippen LogP contribution in [0.2, 0.25) is 0 Å². The number of nitrogens with zero attached hydrogens (tertiary/aromatic N) is 1. The van der Waals surface area contributed by atoms with E-state index < -0.39 is 74.5 Å². The molecule has 3 fully saturated rings. The molecule has 43 heavy (non-hydrogen) atoms. The topological polar surface area (TPSA) is 221 Å². The molecule has 1 saturated carbocycles. The van der Waals surface area contributed by atoms with E-state index in [0.29, 0.717) is 11.3 Å². The summed E-state index contributed by atoms with van der Waals surface area (Å²) in [4.78, 5) is 35.4. The van der Waals surface area contributed by atoms with E-state index in [1.807, 2.05) is 0 Å². The smallest absolute Gasteiger partial charge is 0.404 e. The van der Waals surface area contributed by atoms with Crippen LogP contribution >= 0.6 is 7.82 Å². The summed E-state index contributed by atoms with van der Waals surface area (Å²) in [5.74, 6) is -2.51. The van der Waals surface area contributed by atoms with Crippen LogP contribution in [0.4, 0.5) is 0 Å². The van der Waals surface area contributed by atoms with Crippen molar-refractivity contribution in [2.75, 3.05) is 14.1 Å². The molecule has 1 aromatic heterocycles. The third-order valence-corrected chi connectivity index (χ3v) is 8.51. The fourth-order valence-electron chi connectivity index (χ4n) is 5.97. The first-order valence-electron chi connectivity index (χ1n) is 13.8. The maximum Gasteiger partial charge on any atom is 0.524 e. The van der Waals surface area contributed by atoms with Gasteiger partial charge in [0, 0.05) is 17.5 Å². The monoisotopic (exact) mass is 624 g/mol. The first-order chi connectivity index (χ1) is 20.3. The lowest BCUT2D eigenvalue weighted by molar-refractivity contribution is -0.449. The molecule has 0 radical (unpaired) electrons. The summed E-state index contributed by atoms with van der Waals surface area (Å²) in [6.45, 7) is 1.77. The number of amides is 1. The molecule has 10 atom stereocenters. The minimum Gasteiger partial charge on any atom is -0.404 e. The number of aliphatic hydroxyl groups excluding tert-OH is 2. The standard InChI is InChI=1S/C27H37N4O11P/c1-13-10-18(27(35)26(39-13)40-25-23(34)20(28-2)22(33)21(29-3)24(25)41-27)31-19(32)11-16-7-4-15(12-30-16)14-5-8-17(9-6-14)42-43(36,37)38/h4-9,12-13,18,20-26,28-29,33-35H,10-11H2,1-3H3,(H,31,32)(H2,36,37,38)/t13-,18-,20-,21+,22+,23+,24-,25-,26+,27+/m1/s1. The summed E-state index contributed by atoms with van der Waals surface area (Å²) in [5.41, 5.74) is 1.89. The number of rotatable bonds is 8. The van der Waals surface area contributed by atoms with Crippen molar-refractivity contribution in [3.8, 4) is 16.9 Å². The van der Waals surface area contributed by atoms with Gasteiger partial charge in [-0.15, -0.1) is 0 Å². The van der Waals surface area contributed by atoms with Crippen molar-refractivity contribution in [3.63, 3.8) is 0 Å². The molecular formula is C27H37N4O11P. The molecule has 16 heteroatoms. The molecule has 3 aliphatic rings. The Labute approximate surface area is 247 Å². The molecule has 1 aromatic carbocycles. The number of nitrogens with one attached hydrogen (secondary N) is 3. The van der Waals surface area contributed by atoms with Gasteiger partial charge in [0.15, 0.2) is 0 Å². The summed E-state index contributed by atoms with van der Waals surface area (Å²) in [6, 6.07) is 7.16. The van der Waals surface area contributed by atoms with Crippen LogP contribution in [0, 0.1) is 0 Å². The van der Waals surface area contributed by atoms with E-state index in [2.05, 4.69) is 25.5 Å². The fraction of sp³-hybridized carbons (Fsp3) is 0.556. The van der Waals surface area contributed by atoms with Crippen LogP contribution in [0.15, 0.2) is 42.6 Å². The second kappa shape index (κ2) is 12.5. The highest BCUT2D eigenvalue weighted by atomic mass is 31.2. The molecule has 1 aliphatic carbocycles. The first kappa shape index (κ1) is 31.9. The molecular weight excluding hydrogens is 587 g/mol. The van der Waals surface area contributed by atoms with Crippen molar-refractivity contribution in [1.29, 1.82) is 0 Å². The molecule has 0 spiro atoms. The summed E-state index contributed by atoms with van der Waals surface area (Å²) in [7, 11) is -1.42. The highest BCUT2D eigenvalue weighted by Gasteiger charge is 2.63. The number of aliphatic hydroxyl groups is 3. The number of carbonyl (C=O) groups is 1. The second-order valence-corrected chi connectivity index (χ2v) is 12.2. The number of carbonyl (C=O) groups excluding carboxylic acids is 1. The van der Waals surface area contributed by atoms with Gasteiger partial charge in [-0.1, -0.05) is 18.2 Å². The predicted molar refractivity (Wildman–Crippen MR) is 149 cm³/mol. The number of benzene rings is 1. The van der Waals surface area contributed by atoms with E-state index in [9.17, 15) is 24.7 Å². The van der Waals surface area contributed by atoms with Crippen LogP contribution in [0.5, 0.6) is 5.75 Å². The molecule has 3 heterocycles. The zero-order valence-electron chi connectivity index (χ0n) is 23.7. The van der Waals surface area contributed by atoms with Gasteiger partial charge in [0.2, 0.25) is 18.0 Å². The normalized spacial score (nSPS) is 35.9. The number of likely N-dealkylation sites (N-methyl/N-ethyl adjacent to an activating group) is 2. The fourth-order valence-corrected chi connectivity index (χ4v) is 6.37. The van der Waals surface area contributed by atoms with Gasteiger partial charge in [0.05, 0.1) is 36.8 Å². The van der Waals surface area contributed by atoms with Crippen LogP contribution in [-0.4, -0.2) is 111 Å². The average Bonchev–Trinajstić information content (AvgIpc) is 2.94. The third kappa shape index (κ3) is 6.62. The molecule has 1 amide bonds. The minimum atomic E-state index is -4.66. The summed E-state index contributed by atoms with van der Waals surface area (Å²) in [6.07, 6.45) is -4.16. The van der Waals surface area contributed by atoms with Gasteiger partial charge < -0.3 is 50.0 Å². The largest absolute Gasteiger partial charge is 0.524 e. The Balaban J connectivity index is 1.26. The lowest BCUT2D eigenvalue weighted by atomic mass is 9.79. The highest BCUT2D eigenvalue weighted by Crippen LogP contribution is 2.42. The van der Waals surface area contributed by atoms with Crippen molar-refractivity contribution in [3.05, 3.63) is 48.3 Å². The predicted octanol–water partition coefficient (Wildman–Crippen LogP) is -1.23. The molecule has 0 bridgehead atoms. The van der Waals surface area contributed by atoms with Gasteiger partial charge in [-0.2, -0.15) is 0 Å². The van der Waals surface area contributed by atoms with Crippen molar-refractivity contribution < 1.29 is 53.2 Å². The Bertz CT molecular complexity index is 1330. The van der Waals surface area contributed by atoms with E-state index in [4.69, 9.17) is 24.0 Å². The molecule has 0 unspecified atom stereocenters. The van der Waals surface area contributed by atoms with Gasteiger partial charge in [-0.25, -0.2) is 4.57 Å². The summed E-state index contributed by atoms with van der Waals surface area (Å²) >= 11 is 0. The van der Waals surface area contributed by atoms with Gasteiger partial charge in [-0.05, 0) is 51.2 Å². The van der Waals surface area contributed by atoms with Crippen LogP contribution < -0.4 is 20.5 Å². The Morgan fingerprint density at radius 1 is 1.02 bits per heavy atom. The lowest BCUT2D eigenvalue weighted by Crippen LogP contribution is -2.79. The van der Waals surface area contributed by atoms with Crippen molar-refractivity contribution in [2.45, 2.75) is 80.5 Å². The maximum absolute atomic E-state index is 13.1. The van der Waals surface area contributed by atoms with Crippen LogP contribution in [0.3, 0.4) is 0 Å². The Morgan fingerprint density at radius 3 is 2.30 bits per heavy atom. The Morgan fingerprint density at radius 2 is 1.70 bits per heavy atom. The number of fused-ring (bicyclic) bond motifs is 2. The summed E-state index contributed by atoms with van der Waals surface area (Å²) in [5, 5.41) is 42.2. The molecule has 15 nitrogen and oxygen atoms in total. The first-order valence-corrected chi connectivity index (χ1v) is 15.4. The zero-order valence-corrected chi connectivity index (χ0v) is 24.6. The quantitative estimate of drug-likeness (QED) is 0.161. The van der Waals surface area contributed by atoms with Crippen molar-refractivity contribution in [2.24, 2.45) is 0 Å². The van der Waals surface area contributed by atoms with Crippen LogP contribution in [-0.2, 0) is 30.0 Å².